The van der Waals surface area contributed by atoms with Crippen LogP contribution in [0.3, 0.4) is 0 Å². The number of anilines is 1. The molecule has 7 heteroatoms. The highest BCUT2D eigenvalue weighted by molar-refractivity contribution is 9.10. The van der Waals surface area contributed by atoms with Gasteiger partial charge in [0.2, 0.25) is 5.91 Å². The van der Waals surface area contributed by atoms with Gasteiger partial charge in [-0.25, -0.2) is 0 Å². The number of nitrogens with zero attached hydrogens (tertiary/aromatic N) is 1. The lowest BCUT2D eigenvalue weighted by atomic mass is 9.86. The molecule has 1 unspecified atom stereocenters. The van der Waals surface area contributed by atoms with Crippen molar-refractivity contribution in [2.45, 2.75) is 20.3 Å². The Morgan fingerprint density at radius 1 is 1.58 bits per heavy atom. The van der Waals surface area contributed by atoms with Crippen molar-refractivity contribution >= 4 is 33.2 Å². The Morgan fingerprint density at radius 2 is 2.21 bits per heavy atom. The first-order valence-corrected chi connectivity index (χ1v) is 6.59. The van der Waals surface area contributed by atoms with Crippen LogP contribution in [0.5, 0.6) is 0 Å². The fourth-order valence-corrected chi connectivity index (χ4v) is 1.78. The molecule has 0 saturated heterocycles. The third-order valence-electron chi connectivity index (χ3n) is 3.18. The Bertz CT molecular complexity index is 501. The van der Waals surface area contributed by atoms with Gasteiger partial charge in [-0.1, -0.05) is 22.9 Å². The molecule has 1 aromatic carbocycles. The van der Waals surface area contributed by atoms with Crippen molar-refractivity contribution in [2.24, 2.45) is 11.1 Å². The molecule has 0 heterocycles. The van der Waals surface area contributed by atoms with E-state index >= 15 is 0 Å². The van der Waals surface area contributed by atoms with Gasteiger partial charge in [0.15, 0.2) is 0 Å². The minimum absolute atomic E-state index is 0.154. The molecule has 0 radical (unpaired) electrons. The van der Waals surface area contributed by atoms with Crippen molar-refractivity contribution in [3.8, 4) is 0 Å². The van der Waals surface area contributed by atoms with Gasteiger partial charge in [-0.05, 0) is 25.5 Å². The first-order chi connectivity index (χ1) is 8.84. The number of nitrogens with two attached hydrogens (primary N) is 1. The van der Waals surface area contributed by atoms with E-state index in [0.29, 0.717) is 10.9 Å². The number of benzene rings is 1. The van der Waals surface area contributed by atoms with Crippen molar-refractivity contribution < 1.29 is 9.72 Å². The molecule has 0 spiro atoms. The maximum atomic E-state index is 12.1. The van der Waals surface area contributed by atoms with Crippen LogP contribution in [-0.2, 0) is 4.79 Å². The largest absolute Gasteiger partial charge is 0.329 e. The van der Waals surface area contributed by atoms with Crippen LogP contribution < -0.4 is 11.1 Å². The SMILES string of the molecule is CCC(C)(CN)C(=O)Nc1ccc(Br)cc1[N+](=O)[O-]. The van der Waals surface area contributed by atoms with Crippen LogP contribution in [0.1, 0.15) is 20.3 Å². The smallest absolute Gasteiger partial charge is 0.293 e. The number of nitro groups is 1. The Balaban J connectivity index is 3.06. The molecule has 6 nitrogen and oxygen atoms in total. The van der Waals surface area contributed by atoms with E-state index in [4.69, 9.17) is 5.73 Å². The summed E-state index contributed by atoms with van der Waals surface area (Å²) in [5, 5.41) is 13.5. The summed E-state index contributed by atoms with van der Waals surface area (Å²) in [5.74, 6) is -0.317. The fourth-order valence-electron chi connectivity index (χ4n) is 1.43. The summed E-state index contributed by atoms with van der Waals surface area (Å²) in [6, 6.07) is 4.47. The van der Waals surface area contributed by atoms with Gasteiger partial charge in [-0.15, -0.1) is 0 Å². The van der Waals surface area contributed by atoms with E-state index in [1.165, 1.54) is 12.1 Å². The number of carbonyl (C=O) groups is 1. The second-order valence-corrected chi connectivity index (χ2v) is 5.41. The molecule has 0 aliphatic carbocycles. The molecule has 1 aromatic rings. The van der Waals surface area contributed by atoms with E-state index < -0.39 is 10.3 Å². The van der Waals surface area contributed by atoms with Gasteiger partial charge in [0, 0.05) is 17.1 Å². The van der Waals surface area contributed by atoms with Crippen LogP contribution in [-0.4, -0.2) is 17.4 Å². The molecule has 1 rings (SSSR count). The molecule has 1 atom stereocenters. The standard InChI is InChI=1S/C12H16BrN3O3/c1-3-12(2,7-14)11(17)15-9-5-4-8(13)6-10(9)16(18)19/h4-6H,3,7,14H2,1-2H3,(H,15,17). The maximum absolute atomic E-state index is 12.1. The summed E-state index contributed by atoms with van der Waals surface area (Å²) in [4.78, 5) is 22.5. The number of halogens is 1. The summed E-state index contributed by atoms with van der Waals surface area (Å²) < 4.78 is 0.578. The molecule has 19 heavy (non-hydrogen) atoms. The Labute approximate surface area is 119 Å². The summed E-state index contributed by atoms with van der Waals surface area (Å²) in [7, 11) is 0. The minimum Gasteiger partial charge on any atom is -0.329 e. The average Bonchev–Trinajstić information content (AvgIpc) is 2.39. The van der Waals surface area contributed by atoms with Crippen molar-refractivity contribution in [2.75, 3.05) is 11.9 Å². The molecule has 0 saturated carbocycles. The molecular weight excluding hydrogens is 314 g/mol. The van der Waals surface area contributed by atoms with Crippen LogP contribution in [0, 0.1) is 15.5 Å². The highest BCUT2D eigenvalue weighted by atomic mass is 79.9. The van der Waals surface area contributed by atoms with Crippen LogP contribution in [0.4, 0.5) is 11.4 Å². The molecule has 0 aromatic heterocycles. The first-order valence-electron chi connectivity index (χ1n) is 5.79. The average molecular weight is 330 g/mol. The minimum atomic E-state index is -0.735. The number of hydrogen-bond acceptors (Lipinski definition) is 4. The zero-order valence-electron chi connectivity index (χ0n) is 10.8. The predicted octanol–water partition coefficient (Wildman–Crippen LogP) is 2.67. The number of nitrogens with one attached hydrogen (secondary N) is 1. The van der Waals surface area contributed by atoms with E-state index in [1.54, 1.807) is 13.0 Å². The van der Waals surface area contributed by atoms with E-state index in [2.05, 4.69) is 21.2 Å². The summed E-state index contributed by atoms with van der Waals surface area (Å²) in [6.45, 7) is 3.76. The van der Waals surface area contributed by atoms with Gasteiger partial charge in [0.25, 0.3) is 5.69 Å². The van der Waals surface area contributed by atoms with Gasteiger partial charge in [0.1, 0.15) is 5.69 Å². The second kappa shape index (κ2) is 6.12. The lowest BCUT2D eigenvalue weighted by Crippen LogP contribution is -2.39. The quantitative estimate of drug-likeness (QED) is 0.640. The Hall–Kier alpha value is -1.47. The van der Waals surface area contributed by atoms with Crippen LogP contribution in [0.15, 0.2) is 22.7 Å². The first kappa shape index (κ1) is 15.6. The molecule has 1 amide bonds. The van der Waals surface area contributed by atoms with Crippen molar-refractivity contribution in [1.82, 2.24) is 0 Å². The van der Waals surface area contributed by atoms with Gasteiger partial charge in [-0.2, -0.15) is 0 Å². The molecule has 0 fully saturated rings. The monoisotopic (exact) mass is 329 g/mol. The molecule has 0 aliphatic rings. The normalized spacial score (nSPS) is 13.7. The number of nitro benzene ring substituents is 1. The van der Waals surface area contributed by atoms with Gasteiger partial charge in [0.05, 0.1) is 10.3 Å². The van der Waals surface area contributed by atoms with Gasteiger partial charge in [-0.3, -0.25) is 14.9 Å². The molecule has 3 N–H and O–H groups in total. The molecule has 0 bridgehead atoms. The highest BCUT2D eigenvalue weighted by Gasteiger charge is 2.31. The van der Waals surface area contributed by atoms with Crippen LogP contribution in [0.2, 0.25) is 0 Å². The Kier molecular flexibility index (Phi) is 5.02. The fraction of sp³-hybridized carbons (Fsp3) is 0.417. The summed E-state index contributed by atoms with van der Waals surface area (Å²) in [5.41, 5.74) is 4.87. The lowest BCUT2D eigenvalue weighted by Gasteiger charge is -2.24. The summed E-state index contributed by atoms with van der Waals surface area (Å²) in [6.07, 6.45) is 0.555. The molecular formula is C12H16BrN3O3. The highest BCUT2D eigenvalue weighted by Crippen LogP contribution is 2.30. The lowest BCUT2D eigenvalue weighted by molar-refractivity contribution is -0.384. The van der Waals surface area contributed by atoms with E-state index in [-0.39, 0.29) is 23.8 Å². The number of rotatable bonds is 5. The van der Waals surface area contributed by atoms with Crippen molar-refractivity contribution in [3.05, 3.63) is 32.8 Å². The Morgan fingerprint density at radius 3 is 2.68 bits per heavy atom. The molecule has 104 valence electrons. The second-order valence-electron chi connectivity index (χ2n) is 4.49. The number of hydrogen-bond donors (Lipinski definition) is 2. The van der Waals surface area contributed by atoms with E-state index in [1.807, 2.05) is 6.92 Å². The third-order valence-corrected chi connectivity index (χ3v) is 3.68. The third kappa shape index (κ3) is 3.51. The number of amides is 1. The zero-order valence-corrected chi connectivity index (χ0v) is 12.4. The number of carbonyl (C=O) groups excluding carboxylic acids is 1. The summed E-state index contributed by atoms with van der Waals surface area (Å²) >= 11 is 3.16. The molecule has 0 aliphatic heterocycles. The van der Waals surface area contributed by atoms with Crippen molar-refractivity contribution in [1.29, 1.82) is 0 Å². The van der Waals surface area contributed by atoms with Crippen molar-refractivity contribution in [3.63, 3.8) is 0 Å². The van der Waals surface area contributed by atoms with E-state index in [9.17, 15) is 14.9 Å². The van der Waals surface area contributed by atoms with Gasteiger partial charge < -0.3 is 11.1 Å². The predicted molar refractivity (Wildman–Crippen MR) is 76.9 cm³/mol. The van der Waals surface area contributed by atoms with Gasteiger partial charge >= 0.3 is 0 Å². The maximum Gasteiger partial charge on any atom is 0.293 e. The van der Waals surface area contributed by atoms with Crippen LogP contribution >= 0.6 is 15.9 Å². The zero-order chi connectivity index (χ0) is 14.6. The van der Waals surface area contributed by atoms with E-state index in [0.717, 1.165) is 0 Å². The van der Waals surface area contributed by atoms with Crippen LogP contribution in [0.25, 0.3) is 0 Å². The topological polar surface area (TPSA) is 98.3 Å².